The van der Waals surface area contributed by atoms with Crippen LogP contribution in [0.15, 0.2) is 4.99 Å². The zero-order chi connectivity index (χ0) is 18.8. The number of ether oxygens (including phenoxy) is 2. The molecule has 0 aromatic carbocycles. The molecule has 0 saturated carbocycles. The Morgan fingerprint density at radius 2 is 1.81 bits per heavy atom. The van der Waals surface area contributed by atoms with Crippen molar-refractivity contribution >= 4 is 39.8 Å². The molecule has 156 valence electrons. The first kappa shape index (κ1) is 25.9. The molecule has 2 N–H and O–H groups in total. The predicted molar refractivity (Wildman–Crippen MR) is 117 cm³/mol. The quantitative estimate of drug-likeness (QED) is 0.215. The summed E-state index contributed by atoms with van der Waals surface area (Å²) < 4.78 is 34.4. The smallest absolute Gasteiger partial charge is 0.191 e. The van der Waals surface area contributed by atoms with E-state index in [0.29, 0.717) is 25.0 Å². The normalized spacial score (nSPS) is 16.8. The molecule has 1 rings (SSSR count). The average molecular weight is 505 g/mol. The van der Waals surface area contributed by atoms with Crippen molar-refractivity contribution in [1.29, 1.82) is 0 Å². The summed E-state index contributed by atoms with van der Waals surface area (Å²) in [6.07, 6.45) is 3.06. The van der Waals surface area contributed by atoms with E-state index in [4.69, 9.17) is 9.47 Å². The molecule has 0 aromatic heterocycles. The Balaban J connectivity index is 0.00000625. The molecule has 0 aromatic rings. The van der Waals surface area contributed by atoms with Gasteiger partial charge in [0.05, 0.1) is 10.5 Å². The monoisotopic (exact) mass is 505 g/mol. The molecule has 0 unspecified atom stereocenters. The summed E-state index contributed by atoms with van der Waals surface area (Å²) in [5.41, 5.74) is 0. The molecule has 7 nitrogen and oxygen atoms in total. The van der Waals surface area contributed by atoms with Crippen LogP contribution in [0, 0.1) is 5.92 Å². The lowest BCUT2D eigenvalue weighted by molar-refractivity contribution is 0.0203. The summed E-state index contributed by atoms with van der Waals surface area (Å²) >= 11 is 0. The van der Waals surface area contributed by atoms with Crippen LogP contribution in [0.5, 0.6) is 0 Å². The van der Waals surface area contributed by atoms with E-state index in [1.54, 1.807) is 27.8 Å². The van der Waals surface area contributed by atoms with E-state index in [1.165, 1.54) is 0 Å². The van der Waals surface area contributed by atoms with Gasteiger partial charge in [-0.25, -0.2) is 8.42 Å². The molecule has 1 saturated heterocycles. The standard InChI is InChI=1S/C17H35N3O4S.HI/c1-17(2,3)25(21,22)13-9-20-16(18-4)19-8-5-10-24-14-15-6-11-23-12-7-15;/h15H,5-14H2,1-4H3,(H2,18,19,20);1H. The fourth-order valence-electron chi connectivity index (χ4n) is 2.37. The van der Waals surface area contributed by atoms with Crippen LogP contribution in [0.2, 0.25) is 0 Å². The predicted octanol–water partition coefficient (Wildman–Crippen LogP) is 1.82. The van der Waals surface area contributed by atoms with Crippen molar-refractivity contribution in [3.63, 3.8) is 0 Å². The first-order chi connectivity index (χ1) is 11.8. The van der Waals surface area contributed by atoms with E-state index in [-0.39, 0.29) is 29.7 Å². The molecular formula is C17H36IN3O4S. The van der Waals surface area contributed by atoms with E-state index in [0.717, 1.165) is 45.6 Å². The van der Waals surface area contributed by atoms with Gasteiger partial charge in [-0.05, 0) is 46.0 Å². The molecule has 0 bridgehead atoms. The maximum atomic E-state index is 12.1. The molecule has 1 fully saturated rings. The highest BCUT2D eigenvalue weighted by Crippen LogP contribution is 2.15. The van der Waals surface area contributed by atoms with Gasteiger partial charge >= 0.3 is 0 Å². The highest BCUT2D eigenvalue weighted by molar-refractivity contribution is 14.0. The Morgan fingerprint density at radius 3 is 2.38 bits per heavy atom. The van der Waals surface area contributed by atoms with E-state index < -0.39 is 14.6 Å². The van der Waals surface area contributed by atoms with E-state index in [2.05, 4.69) is 15.6 Å². The van der Waals surface area contributed by atoms with Gasteiger partial charge in [0, 0.05) is 46.6 Å². The van der Waals surface area contributed by atoms with E-state index in [9.17, 15) is 8.42 Å². The molecule has 0 amide bonds. The lowest BCUT2D eigenvalue weighted by Crippen LogP contribution is -2.42. The van der Waals surface area contributed by atoms with Gasteiger partial charge in [0.25, 0.3) is 0 Å². The van der Waals surface area contributed by atoms with Crippen molar-refractivity contribution in [3.05, 3.63) is 0 Å². The molecule has 1 heterocycles. The van der Waals surface area contributed by atoms with Gasteiger partial charge < -0.3 is 20.1 Å². The summed E-state index contributed by atoms with van der Waals surface area (Å²) in [4.78, 5) is 4.11. The Kier molecular flexibility index (Phi) is 13.0. The van der Waals surface area contributed by atoms with Crippen LogP contribution >= 0.6 is 24.0 Å². The second kappa shape index (κ2) is 13.1. The largest absolute Gasteiger partial charge is 0.381 e. The van der Waals surface area contributed by atoms with Crippen LogP contribution in [-0.2, 0) is 19.3 Å². The minimum atomic E-state index is -3.12. The summed E-state index contributed by atoms with van der Waals surface area (Å²) in [5, 5.41) is 6.22. The molecule has 0 spiro atoms. The topological polar surface area (TPSA) is 89.0 Å². The van der Waals surface area contributed by atoms with Gasteiger partial charge in [-0.3, -0.25) is 4.99 Å². The van der Waals surface area contributed by atoms with Crippen molar-refractivity contribution in [1.82, 2.24) is 10.6 Å². The average Bonchev–Trinajstić information content (AvgIpc) is 2.56. The number of rotatable bonds is 9. The third-order valence-electron chi connectivity index (χ3n) is 4.27. The summed E-state index contributed by atoms with van der Waals surface area (Å²) in [7, 11) is -1.44. The van der Waals surface area contributed by atoms with Crippen LogP contribution in [-0.4, -0.2) is 71.4 Å². The number of guanidine groups is 1. The Bertz CT molecular complexity index is 501. The zero-order valence-corrected chi connectivity index (χ0v) is 19.7. The number of hydrogen-bond donors (Lipinski definition) is 2. The van der Waals surface area contributed by atoms with Crippen molar-refractivity contribution in [2.45, 2.75) is 44.8 Å². The number of hydrogen-bond acceptors (Lipinski definition) is 5. The van der Waals surface area contributed by atoms with Gasteiger partial charge in [-0.15, -0.1) is 24.0 Å². The van der Waals surface area contributed by atoms with Crippen molar-refractivity contribution in [2.75, 3.05) is 52.3 Å². The molecule has 9 heteroatoms. The fourth-order valence-corrected chi connectivity index (χ4v) is 3.36. The summed E-state index contributed by atoms with van der Waals surface area (Å²) in [6.45, 7) is 9.45. The fraction of sp³-hybridized carbons (Fsp3) is 0.941. The van der Waals surface area contributed by atoms with E-state index >= 15 is 0 Å². The Labute approximate surface area is 176 Å². The third-order valence-corrected chi connectivity index (χ3v) is 6.88. The highest BCUT2D eigenvalue weighted by atomic mass is 127. The molecule has 1 aliphatic rings. The SMILES string of the molecule is CN=C(NCCCOCC1CCOCC1)NCCS(=O)(=O)C(C)(C)C.I. The maximum Gasteiger partial charge on any atom is 0.191 e. The lowest BCUT2D eigenvalue weighted by Gasteiger charge is -2.21. The number of nitrogens with one attached hydrogen (secondary N) is 2. The van der Waals surface area contributed by atoms with Crippen LogP contribution < -0.4 is 10.6 Å². The molecular weight excluding hydrogens is 469 g/mol. The lowest BCUT2D eigenvalue weighted by atomic mass is 10.0. The van der Waals surface area contributed by atoms with Crippen molar-refractivity contribution in [2.24, 2.45) is 10.9 Å². The van der Waals surface area contributed by atoms with Crippen molar-refractivity contribution in [3.8, 4) is 0 Å². The zero-order valence-electron chi connectivity index (χ0n) is 16.5. The molecule has 0 atom stereocenters. The second-order valence-corrected chi connectivity index (χ2v) is 10.2. The molecule has 26 heavy (non-hydrogen) atoms. The van der Waals surface area contributed by atoms with Gasteiger partial charge in [0.15, 0.2) is 15.8 Å². The van der Waals surface area contributed by atoms with Crippen LogP contribution in [0.4, 0.5) is 0 Å². The molecule has 0 radical (unpaired) electrons. The maximum absolute atomic E-state index is 12.1. The summed E-state index contributed by atoms with van der Waals surface area (Å²) in [6, 6.07) is 0. The first-order valence-corrected chi connectivity index (χ1v) is 10.7. The minimum absolute atomic E-state index is 0. The summed E-state index contributed by atoms with van der Waals surface area (Å²) in [5.74, 6) is 1.33. The van der Waals surface area contributed by atoms with Crippen LogP contribution in [0.25, 0.3) is 0 Å². The number of nitrogens with zero attached hydrogens (tertiary/aromatic N) is 1. The second-order valence-electron chi connectivity index (χ2n) is 7.34. The number of aliphatic imine (C=N–C) groups is 1. The Hall–Kier alpha value is -0.130. The number of sulfone groups is 1. The van der Waals surface area contributed by atoms with Gasteiger partial charge in [-0.1, -0.05) is 0 Å². The Morgan fingerprint density at radius 1 is 1.19 bits per heavy atom. The molecule has 1 aliphatic heterocycles. The third kappa shape index (κ3) is 10.3. The van der Waals surface area contributed by atoms with Crippen LogP contribution in [0.1, 0.15) is 40.0 Å². The van der Waals surface area contributed by atoms with Gasteiger partial charge in [0.2, 0.25) is 0 Å². The first-order valence-electron chi connectivity index (χ1n) is 9.08. The minimum Gasteiger partial charge on any atom is -0.381 e. The van der Waals surface area contributed by atoms with Crippen LogP contribution in [0.3, 0.4) is 0 Å². The van der Waals surface area contributed by atoms with E-state index in [1.807, 2.05) is 0 Å². The number of halogens is 1. The van der Waals surface area contributed by atoms with Crippen molar-refractivity contribution < 1.29 is 17.9 Å². The highest BCUT2D eigenvalue weighted by Gasteiger charge is 2.28. The van der Waals surface area contributed by atoms with Gasteiger partial charge in [-0.2, -0.15) is 0 Å². The van der Waals surface area contributed by atoms with Gasteiger partial charge in [0.1, 0.15) is 0 Å². The molecule has 0 aliphatic carbocycles.